The predicted octanol–water partition coefficient (Wildman–Crippen LogP) is 4.48. The topological polar surface area (TPSA) is 0 Å². The maximum Gasteiger partial charge on any atom is -0.0104 e. The Morgan fingerprint density at radius 2 is 1.75 bits per heavy atom. The minimum Gasteiger partial charge on any atom is -0.0811 e. The molecule has 1 aromatic rings. The van der Waals surface area contributed by atoms with Gasteiger partial charge in [0.05, 0.1) is 0 Å². The van der Waals surface area contributed by atoms with Crippen LogP contribution in [0.15, 0.2) is 48.6 Å². The Morgan fingerprint density at radius 1 is 1.06 bits per heavy atom. The van der Waals surface area contributed by atoms with Crippen LogP contribution in [-0.2, 0) is 0 Å². The van der Waals surface area contributed by atoms with Crippen molar-refractivity contribution >= 4 is 0 Å². The highest BCUT2D eigenvalue weighted by molar-refractivity contribution is 5.31. The van der Waals surface area contributed by atoms with Crippen molar-refractivity contribution in [2.75, 3.05) is 0 Å². The molecule has 0 N–H and O–H groups in total. The van der Waals surface area contributed by atoms with Gasteiger partial charge < -0.3 is 0 Å². The molecule has 1 aromatic carbocycles. The Hall–Kier alpha value is -1.30. The molecule has 3 atom stereocenters. The highest BCUT2D eigenvalue weighted by Crippen LogP contribution is 2.34. The van der Waals surface area contributed by atoms with Gasteiger partial charge in [-0.15, -0.1) is 0 Å². The molecule has 84 valence electrons. The summed E-state index contributed by atoms with van der Waals surface area (Å²) in [6.45, 7) is 6.85. The summed E-state index contributed by atoms with van der Waals surface area (Å²) in [6.07, 6.45) is 8.99. The summed E-state index contributed by atoms with van der Waals surface area (Å²) < 4.78 is 0. The largest absolute Gasteiger partial charge is 0.0811 e. The molecular formula is C16H20. The molecule has 2 rings (SSSR count). The highest BCUT2D eigenvalue weighted by atomic mass is 14.3. The fourth-order valence-electron chi connectivity index (χ4n) is 2.66. The molecule has 16 heavy (non-hydrogen) atoms. The number of aryl methyl sites for hydroxylation is 1. The number of benzene rings is 1. The first kappa shape index (κ1) is 11.2. The number of rotatable bonds is 2. The van der Waals surface area contributed by atoms with E-state index in [1.165, 1.54) is 11.1 Å². The molecule has 0 heteroatoms. The van der Waals surface area contributed by atoms with Gasteiger partial charge in [0.2, 0.25) is 0 Å². The minimum atomic E-state index is 0.595. The SMILES string of the molecule is Cc1ccccc1C(C)C1C=CC=CC1C. The quantitative estimate of drug-likeness (QED) is 0.678. The molecule has 1 aliphatic carbocycles. The Morgan fingerprint density at radius 3 is 2.44 bits per heavy atom. The Kier molecular flexibility index (Phi) is 3.28. The standard InChI is InChI=1S/C16H20/c1-12-8-4-6-10-15(12)14(3)16-11-7-5-9-13(16)2/h4-12,14-15H,1-3H3. The smallest absolute Gasteiger partial charge is 0.0104 e. The van der Waals surface area contributed by atoms with E-state index in [-0.39, 0.29) is 0 Å². The van der Waals surface area contributed by atoms with Gasteiger partial charge in [0.25, 0.3) is 0 Å². The van der Waals surface area contributed by atoms with Crippen molar-refractivity contribution in [3.63, 3.8) is 0 Å². The van der Waals surface area contributed by atoms with Gasteiger partial charge in [-0.1, -0.05) is 62.4 Å². The summed E-state index contributed by atoms with van der Waals surface area (Å²) in [5, 5.41) is 0. The first-order valence-corrected chi connectivity index (χ1v) is 6.10. The third-order valence-electron chi connectivity index (χ3n) is 3.72. The molecule has 0 fully saturated rings. The van der Waals surface area contributed by atoms with Crippen LogP contribution in [0.2, 0.25) is 0 Å². The summed E-state index contributed by atoms with van der Waals surface area (Å²) in [5.41, 5.74) is 2.89. The van der Waals surface area contributed by atoms with Crippen molar-refractivity contribution < 1.29 is 0 Å². The van der Waals surface area contributed by atoms with Gasteiger partial charge in [-0.05, 0) is 35.8 Å². The molecule has 0 radical (unpaired) electrons. The van der Waals surface area contributed by atoms with Gasteiger partial charge in [-0.2, -0.15) is 0 Å². The molecule has 1 aliphatic rings. The molecule has 0 bridgehead atoms. The van der Waals surface area contributed by atoms with Crippen molar-refractivity contribution in [2.45, 2.75) is 26.7 Å². The second-order valence-corrected chi connectivity index (χ2v) is 4.85. The lowest BCUT2D eigenvalue weighted by atomic mass is 9.76. The zero-order chi connectivity index (χ0) is 11.5. The van der Waals surface area contributed by atoms with E-state index in [9.17, 15) is 0 Å². The third kappa shape index (κ3) is 2.11. The lowest BCUT2D eigenvalue weighted by Gasteiger charge is -2.28. The maximum absolute atomic E-state index is 2.35. The van der Waals surface area contributed by atoms with Crippen LogP contribution in [0.25, 0.3) is 0 Å². The van der Waals surface area contributed by atoms with Crippen molar-refractivity contribution in [1.82, 2.24) is 0 Å². The Bertz CT molecular complexity index is 412. The molecule has 0 amide bonds. The van der Waals surface area contributed by atoms with Crippen molar-refractivity contribution in [3.05, 3.63) is 59.7 Å². The molecule has 0 nitrogen and oxygen atoms in total. The summed E-state index contributed by atoms with van der Waals surface area (Å²) in [7, 11) is 0. The molecule has 0 spiro atoms. The Balaban J connectivity index is 2.25. The van der Waals surface area contributed by atoms with Crippen molar-refractivity contribution in [3.8, 4) is 0 Å². The molecule has 0 saturated heterocycles. The van der Waals surface area contributed by atoms with E-state index in [0.29, 0.717) is 17.8 Å². The van der Waals surface area contributed by atoms with Crippen LogP contribution in [-0.4, -0.2) is 0 Å². The molecule has 3 unspecified atom stereocenters. The predicted molar refractivity (Wildman–Crippen MR) is 70.5 cm³/mol. The summed E-state index contributed by atoms with van der Waals surface area (Å²) in [5.74, 6) is 1.86. The van der Waals surface area contributed by atoms with E-state index in [0.717, 1.165) is 0 Å². The van der Waals surface area contributed by atoms with Crippen molar-refractivity contribution in [1.29, 1.82) is 0 Å². The highest BCUT2D eigenvalue weighted by Gasteiger charge is 2.22. The average Bonchev–Trinajstić information content (AvgIpc) is 2.29. The van der Waals surface area contributed by atoms with Crippen LogP contribution in [0.5, 0.6) is 0 Å². The normalized spacial score (nSPS) is 25.7. The van der Waals surface area contributed by atoms with Crippen LogP contribution in [0, 0.1) is 18.8 Å². The number of hydrogen-bond acceptors (Lipinski definition) is 0. The van der Waals surface area contributed by atoms with E-state index < -0.39 is 0 Å². The van der Waals surface area contributed by atoms with E-state index in [1.807, 2.05) is 0 Å². The molecule has 0 aromatic heterocycles. The summed E-state index contributed by atoms with van der Waals surface area (Å²) >= 11 is 0. The van der Waals surface area contributed by atoms with Crippen LogP contribution in [0.3, 0.4) is 0 Å². The maximum atomic E-state index is 2.35. The van der Waals surface area contributed by atoms with Crippen LogP contribution in [0.1, 0.15) is 30.9 Å². The monoisotopic (exact) mass is 212 g/mol. The van der Waals surface area contributed by atoms with E-state index >= 15 is 0 Å². The zero-order valence-electron chi connectivity index (χ0n) is 10.4. The third-order valence-corrected chi connectivity index (χ3v) is 3.72. The van der Waals surface area contributed by atoms with E-state index in [1.54, 1.807) is 0 Å². The molecular weight excluding hydrogens is 192 g/mol. The van der Waals surface area contributed by atoms with Gasteiger partial charge in [0, 0.05) is 0 Å². The Labute approximate surface area is 98.7 Å². The van der Waals surface area contributed by atoms with E-state index in [4.69, 9.17) is 0 Å². The average molecular weight is 212 g/mol. The van der Waals surface area contributed by atoms with E-state index in [2.05, 4.69) is 69.3 Å². The minimum absolute atomic E-state index is 0.595. The van der Waals surface area contributed by atoms with Crippen LogP contribution in [0.4, 0.5) is 0 Å². The van der Waals surface area contributed by atoms with Gasteiger partial charge in [-0.25, -0.2) is 0 Å². The van der Waals surface area contributed by atoms with Crippen molar-refractivity contribution in [2.24, 2.45) is 11.8 Å². The van der Waals surface area contributed by atoms with Gasteiger partial charge >= 0.3 is 0 Å². The summed E-state index contributed by atoms with van der Waals surface area (Å²) in [4.78, 5) is 0. The lowest BCUT2D eigenvalue weighted by Crippen LogP contribution is -2.17. The second kappa shape index (κ2) is 4.69. The molecule has 0 heterocycles. The first-order valence-electron chi connectivity index (χ1n) is 6.10. The molecule has 0 aliphatic heterocycles. The van der Waals surface area contributed by atoms with Gasteiger partial charge in [0.1, 0.15) is 0 Å². The fourth-order valence-corrected chi connectivity index (χ4v) is 2.66. The molecule has 0 saturated carbocycles. The fraction of sp³-hybridized carbons (Fsp3) is 0.375. The number of allylic oxidation sites excluding steroid dienone is 4. The van der Waals surface area contributed by atoms with Crippen LogP contribution >= 0.6 is 0 Å². The zero-order valence-corrected chi connectivity index (χ0v) is 10.4. The van der Waals surface area contributed by atoms with Gasteiger partial charge in [0.15, 0.2) is 0 Å². The summed E-state index contributed by atoms with van der Waals surface area (Å²) in [6, 6.07) is 8.73. The first-order chi connectivity index (χ1) is 7.70. The van der Waals surface area contributed by atoms with Gasteiger partial charge in [-0.3, -0.25) is 0 Å². The number of hydrogen-bond donors (Lipinski definition) is 0. The second-order valence-electron chi connectivity index (χ2n) is 4.85. The lowest BCUT2D eigenvalue weighted by molar-refractivity contribution is 0.435. The van der Waals surface area contributed by atoms with Crippen LogP contribution < -0.4 is 0 Å².